The van der Waals surface area contributed by atoms with Gasteiger partial charge in [-0.25, -0.2) is 9.99 Å². The Morgan fingerprint density at radius 3 is 2.58 bits per heavy atom. The summed E-state index contributed by atoms with van der Waals surface area (Å²) in [5, 5.41) is 3.05. The van der Waals surface area contributed by atoms with Gasteiger partial charge in [-0.3, -0.25) is 10.2 Å². The number of carbonyl (C=O) groups excluding carboxylic acids is 1. The van der Waals surface area contributed by atoms with Gasteiger partial charge in [-0.15, -0.1) is 0 Å². The summed E-state index contributed by atoms with van der Waals surface area (Å²) in [5.74, 6) is 0.472. The number of imidazole rings is 1. The zero-order valence-electron chi connectivity index (χ0n) is 13.8. The molecular weight excluding hydrogens is 347 g/mol. The summed E-state index contributed by atoms with van der Waals surface area (Å²) >= 11 is 12.2. The fourth-order valence-electron chi connectivity index (χ4n) is 2.91. The third kappa shape index (κ3) is 3.43. The predicted octanol–water partition coefficient (Wildman–Crippen LogP) is 3.83. The highest BCUT2D eigenvalue weighted by Gasteiger charge is 2.22. The minimum Gasteiger partial charge on any atom is -0.331 e. The van der Waals surface area contributed by atoms with Gasteiger partial charge in [0.2, 0.25) is 0 Å². The molecule has 1 aromatic heterocycles. The smallest absolute Gasteiger partial charge is 0.286 e. The maximum atomic E-state index is 12.6. The second-order valence-corrected chi connectivity index (χ2v) is 6.88. The van der Waals surface area contributed by atoms with Crippen LogP contribution in [0.5, 0.6) is 0 Å². The summed E-state index contributed by atoms with van der Waals surface area (Å²) in [6, 6.07) is 5.26. The number of rotatable bonds is 3. The Balaban J connectivity index is 1.89. The number of halogens is 2. The van der Waals surface area contributed by atoms with Gasteiger partial charge in [0, 0.05) is 36.4 Å². The Kier molecular flexibility index (Phi) is 5.13. The van der Waals surface area contributed by atoms with E-state index in [1.165, 1.54) is 6.42 Å². The summed E-state index contributed by atoms with van der Waals surface area (Å²) in [7, 11) is 1.88. The molecule has 7 heteroatoms. The van der Waals surface area contributed by atoms with E-state index in [9.17, 15) is 4.79 Å². The fourth-order valence-corrected chi connectivity index (χ4v) is 3.40. The molecule has 1 saturated heterocycles. The zero-order valence-corrected chi connectivity index (χ0v) is 15.3. The number of hydrogen-bond donors (Lipinski definition) is 1. The van der Waals surface area contributed by atoms with Crippen molar-refractivity contribution >= 4 is 29.1 Å². The third-order valence-electron chi connectivity index (χ3n) is 4.38. The molecule has 1 aliphatic heterocycles. The van der Waals surface area contributed by atoms with E-state index in [0.29, 0.717) is 21.6 Å². The number of nitrogens with one attached hydrogen (secondary N) is 1. The van der Waals surface area contributed by atoms with Gasteiger partial charge in [-0.1, -0.05) is 29.6 Å². The maximum absolute atomic E-state index is 12.6. The van der Waals surface area contributed by atoms with Gasteiger partial charge in [0.1, 0.15) is 5.82 Å². The van der Waals surface area contributed by atoms with E-state index in [4.69, 9.17) is 23.2 Å². The molecular formula is C17H20Cl2N4O. The van der Waals surface area contributed by atoms with E-state index in [2.05, 4.69) is 10.4 Å². The minimum atomic E-state index is -0.179. The van der Waals surface area contributed by atoms with Crippen LogP contribution in [0.4, 0.5) is 0 Å². The Morgan fingerprint density at radius 1 is 1.21 bits per heavy atom. The number of carbonyl (C=O) groups is 1. The second-order valence-electron chi connectivity index (χ2n) is 6.04. The molecule has 5 nitrogen and oxygen atoms in total. The Hall–Kier alpha value is -1.56. The number of nitrogens with zero attached hydrogens (tertiary/aromatic N) is 3. The maximum Gasteiger partial charge on any atom is 0.286 e. The molecule has 0 spiro atoms. The number of amides is 1. The van der Waals surface area contributed by atoms with E-state index in [0.717, 1.165) is 37.2 Å². The molecule has 1 fully saturated rings. The molecule has 24 heavy (non-hydrogen) atoms. The van der Waals surface area contributed by atoms with E-state index < -0.39 is 0 Å². The first kappa shape index (κ1) is 17.3. The lowest BCUT2D eigenvalue weighted by Gasteiger charge is -2.26. The molecule has 0 unspecified atom stereocenters. The van der Waals surface area contributed by atoms with Gasteiger partial charge in [-0.05, 0) is 38.0 Å². The van der Waals surface area contributed by atoms with Gasteiger partial charge >= 0.3 is 0 Å². The molecule has 0 atom stereocenters. The first-order chi connectivity index (χ1) is 11.5. The van der Waals surface area contributed by atoms with Crippen LogP contribution in [0.15, 0.2) is 18.2 Å². The average molecular weight is 367 g/mol. The molecule has 1 amide bonds. The molecule has 128 valence electrons. The number of hydrogen-bond acceptors (Lipinski definition) is 3. The van der Waals surface area contributed by atoms with Gasteiger partial charge < -0.3 is 4.57 Å². The Bertz CT molecular complexity index is 766. The molecule has 1 N–H and O–H groups in total. The van der Waals surface area contributed by atoms with E-state index in [1.807, 2.05) is 29.6 Å². The zero-order chi connectivity index (χ0) is 17.3. The number of piperidine rings is 1. The van der Waals surface area contributed by atoms with Crippen LogP contribution in [0.25, 0.3) is 11.4 Å². The van der Waals surface area contributed by atoms with Crippen LogP contribution in [0.1, 0.15) is 35.4 Å². The normalized spacial score (nSPS) is 15.5. The monoisotopic (exact) mass is 366 g/mol. The largest absolute Gasteiger partial charge is 0.331 e. The summed E-state index contributed by atoms with van der Waals surface area (Å²) in [6.07, 6.45) is 3.43. The lowest BCUT2D eigenvalue weighted by Crippen LogP contribution is -2.45. The fraction of sp³-hybridized carbons (Fsp3) is 0.412. The minimum absolute atomic E-state index is 0.179. The van der Waals surface area contributed by atoms with Crippen LogP contribution in [0.3, 0.4) is 0 Å². The van der Waals surface area contributed by atoms with E-state index in [-0.39, 0.29) is 5.91 Å². The molecule has 0 saturated carbocycles. The molecule has 2 heterocycles. The number of benzene rings is 1. The molecule has 3 rings (SSSR count). The summed E-state index contributed by atoms with van der Waals surface area (Å²) in [6.45, 7) is 3.65. The van der Waals surface area contributed by atoms with Gasteiger partial charge in [0.05, 0.1) is 5.02 Å². The highest BCUT2D eigenvalue weighted by atomic mass is 35.5. The van der Waals surface area contributed by atoms with Crippen LogP contribution < -0.4 is 5.43 Å². The van der Waals surface area contributed by atoms with Crippen LogP contribution in [-0.4, -0.2) is 33.6 Å². The topological polar surface area (TPSA) is 50.2 Å². The summed E-state index contributed by atoms with van der Waals surface area (Å²) < 4.78 is 1.88. The summed E-state index contributed by atoms with van der Waals surface area (Å²) in [4.78, 5) is 17.1. The first-order valence-corrected chi connectivity index (χ1v) is 8.77. The molecule has 0 bridgehead atoms. The molecule has 1 aromatic carbocycles. The third-order valence-corrected chi connectivity index (χ3v) is 4.93. The van der Waals surface area contributed by atoms with Crippen molar-refractivity contribution in [2.24, 2.45) is 7.05 Å². The molecule has 0 aliphatic carbocycles. The molecule has 2 aromatic rings. The highest BCUT2D eigenvalue weighted by molar-refractivity contribution is 6.36. The first-order valence-electron chi connectivity index (χ1n) is 8.02. The standard InChI is InChI=1S/C17H20Cl2N4O/c1-11-15(17(24)21-23-8-4-3-5-9-23)20-16(22(11)2)13-7-6-12(18)10-14(13)19/h6-7,10H,3-5,8-9H2,1-2H3,(H,21,24). The van der Waals surface area contributed by atoms with Gasteiger partial charge in [0.25, 0.3) is 5.91 Å². The van der Waals surface area contributed by atoms with Crippen molar-refractivity contribution in [2.45, 2.75) is 26.2 Å². The summed E-state index contributed by atoms with van der Waals surface area (Å²) in [5.41, 5.74) is 4.93. The van der Waals surface area contributed by atoms with Gasteiger partial charge in [0.15, 0.2) is 5.69 Å². The van der Waals surface area contributed by atoms with Gasteiger partial charge in [-0.2, -0.15) is 0 Å². The second kappa shape index (κ2) is 7.13. The van der Waals surface area contributed by atoms with Crippen LogP contribution in [-0.2, 0) is 7.05 Å². The van der Waals surface area contributed by atoms with Crippen LogP contribution >= 0.6 is 23.2 Å². The van der Waals surface area contributed by atoms with Crippen molar-refractivity contribution in [3.63, 3.8) is 0 Å². The lowest BCUT2D eigenvalue weighted by molar-refractivity contribution is 0.0744. The van der Waals surface area contributed by atoms with E-state index in [1.54, 1.807) is 12.1 Å². The molecule has 1 aliphatic rings. The predicted molar refractivity (Wildman–Crippen MR) is 96.3 cm³/mol. The van der Waals surface area contributed by atoms with Crippen molar-refractivity contribution < 1.29 is 4.79 Å². The lowest BCUT2D eigenvalue weighted by atomic mass is 10.2. The van der Waals surface area contributed by atoms with Crippen molar-refractivity contribution in [3.05, 3.63) is 39.6 Å². The quantitative estimate of drug-likeness (QED) is 0.897. The molecule has 0 radical (unpaired) electrons. The average Bonchev–Trinajstić information content (AvgIpc) is 2.85. The van der Waals surface area contributed by atoms with Crippen molar-refractivity contribution in [2.75, 3.05) is 13.1 Å². The Morgan fingerprint density at radius 2 is 1.92 bits per heavy atom. The number of aromatic nitrogens is 2. The van der Waals surface area contributed by atoms with Crippen molar-refractivity contribution in [1.29, 1.82) is 0 Å². The Labute approximate surface area is 151 Å². The highest BCUT2D eigenvalue weighted by Crippen LogP contribution is 2.30. The van der Waals surface area contributed by atoms with Crippen molar-refractivity contribution in [3.8, 4) is 11.4 Å². The SMILES string of the molecule is Cc1c(C(=O)NN2CCCCC2)nc(-c2ccc(Cl)cc2Cl)n1C. The number of hydrazine groups is 1. The van der Waals surface area contributed by atoms with E-state index >= 15 is 0 Å². The van der Waals surface area contributed by atoms with Crippen LogP contribution in [0, 0.1) is 6.92 Å². The van der Waals surface area contributed by atoms with Crippen molar-refractivity contribution in [1.82, 2.24) is 20.0 Å². The van der Waals surface area contributed by atoms with Crippen LogP contribution in [0.2, 0.25) is 10.0 Å².